The van der Waals surface area contributed by atoms with E-state index in [2.05, 4.69) is 31.2 Å². The number of aryl methyl sites for hydroxylation is 1. The van der Waals surface area contributed by atoms with Crippen molar-refractivity contribution in [3.05, 3.63) is 18.0 Å². The van der Waals surface area contributed by atoms with Crippen molar-refractivity contribution >= 4 is 5.91 Å². The van der Waals surface area contributed by atoms with Crippen molar-refractivity contribution in [2.24, 2.45) is 0 Å². The van der Waals surface area contributed by atoms with E-state index in [9.17, 15) is 4.79 Å². The van der Waals surface area contributed by atoms with Crippen LogP contribution < -0.4 is 5.32 Å². The van der Waals surface area contributed by atoms with Crippen molar-refractivity contribution in [1.29, 1.82) is 0 Å². The number of ether oxygens (including phenoxy) is 1. The first-order chi connectivity index (χ1) is 10.5. The molecule has 0 bridgehead atoms. The normalized spacial score (nSPS) is 21.6. The second-order valence-electron chi connectivity index (χ2n) is 6.15. The first-order valence-corrected chi connectivity index (χ1v) is 8.14. The molecule has 124 valence electrons. The molecule has 0 radical (unpaired) electrons. The molecule has 2 rings (SSSR count). The summed E-state index contributed by atoms with van der Waals surface area (Å²) in [4.78, 5) is 14.2. The van der Waals surface area contributed by atoms with Crippen molar-refractivity contribution in [3.8, 4) is 0 Å². The van der Waals surface area contributed by atoms with E-state index in [1.165, 1.54) is 0 Å². The maximum absolute atomic E-state index is 12.3. The minimum absolute atomic E-state index is 0.150. The molecule has 1 N–H and O–H groups in total. The molecular formula is C16H28N4O2. The molecule has 1 saturated heterocycles. The van der Waals surface area contributed by atoms with Gasteiger partial charge in [-0.3, -0.25) is 9.48 Å². The summed E-state index contributed by atoms with van der Waals surface area (Å²) in [6, 6.07) is 0.376. The second kappa shape index (κ2) is 7.74. The molecule has 0 spiro atoms. The maximum atomic E-state index is 12.3. The molecule has 6 nitrogen and oxygen atoms in total. The number of carbonyl (C=O) groups is 1. The average Bonchev–Trinajstić information content (AvgIpc) is 2.98. The Bertz CT molecular complexity index is 488. The highest BCUT2D eigenvalue weighted by molar-refractivity contribution is 5.78. The van der Waals surface area contributed by atoms with Gasteiger partial charge >= 0.3 is 0 Å². The van der Waals surface area contributed by atoms with E-state index in [0.29, 0.717) is 26.2 Å². The van der Waals surface area contributed by atoms with E-state index in [1.807, 2.05) is 28.9 Å². The van der Waals surface area contributed by atoms with Gasteiger partial charge in [-0.1, -0.05) is 6.92 Å². The van der Waals surface area contributed by atoms with Gasteiger partial charge in [0, 0.05) is 25.3 Å². The summed E-state index contributed by atoms with van der Waals surface area (Å²) >= 11 is 0. The molecule has 0 aliphatic carbocycles. The van der Waals surface area contributed by atoms with Crippen LogP contribution in [0.15, 0.2) is 12.4 Å². The lowest BCUT2D eigenvalue weighted by molar-refractivity contribution is -0.138. The number of nitrogens with one attached hydrogen (secondary N) is 1. The van der Waals surface area contributed by atoms with Gasteiger partial charge in [0.2, 0.25) is 5.91 Å². The van der Waals surface area contributed by atoms with Crippen LogP contribution in [0.3, 0.4) is 0 Å². The zero-order valence-electron chi connectivity index (χ0n) is 14.1. The zero-order chi connectivity index (χ0) is 16.1. The van der Waals surface area contributed by atoms with Gasteiger partial charge < -0.3 is 15.0 Å². The first kappa shape index (κ1) is 17.0. The molecule has 1 fully saturated rings. The third kappa shape index (κ3) is 4.30. The number of hydrogen-bond acceptors (Lipinski definition) is 4. The predicted octanol–water partition coefficient (Wildman–Crippen LogP) is 1.37. The fourth-order valence-electron chi connectivity index (χ4n) is 2.61. The summed E-state index contributed by atoms with van der Waals surface area (Å²) in [6.45, 7) is 10.7. The summed E-state index contributed by atoms with van der Waals surface area (Å²) in [5, 5.41) is 7.67. The van der Waals surface area contributed by atoms with Gasteiger partial charge in [0.05, 0.1) is 31.5 Å². The SMILES string of the molecule is CC[C@@H]1CN(C(=O)CN[C@@H](C)[C@H](C)n2cc(C)cn2)CCO1. The van der Waals surface area contributed by atoms with Crippen molar-refractivity contribution < 1.29 is 9.53 Å². The van der Waals surface area contributed by atoms with Crippen LogP contribution >= 0.6 is 0 Å². The highest BCUT2D eigenvalue weighted by atomic mass is 16.5. The highest BCUT2D eigenvalue weighted by Gasteiger charge is 2.23. The lowest BCUT2D eigenvalue weighted by Gasteiger charge is -2.33. The maximum Gasteiger partial charge on any atom is 0.236 e. The molecule has 1 aromatic heterocycles. The number of rotatable bonds is 6. The molecular weight excluding hydrogens is 280 g/mol. The third-order valence-electron chi connectivity index (χ3n) is 4.39. The largest absolute Gasteiger partial charge is 0.375 e. The Balaban J connectivity index is 1.80. The smallest absolute Gasteiger partial charge is 0.236 e. The Morgan fingerprint density at radius 3 is 2.95 bits per heavy atom. The van der Waals surface area contributed by atoms with E-state index >= 15 is 0 Å². The van der Waals surface area contributed by atoms with E-state index in [1.54, 1.807) is 0 Å². The Kier molecular flexibility index (Phi) is 5.97. The number of carbonyl (C=O) groups excluding carboxylic acids is 1. The summed E-state index contributed by atoms with van der Waals surface area (Å²) in [7, 11) is 0. The quantitative estimate of drug-likeness (QED) is 0.862. The van der Waals surface area contributed by atoms with Crippen LogP contribution in [0.4, 0.5) is 0 Å². The molecule has 1 amide bonds. The Hall–Kier alpha value is -1.40. The topological polar surface area (TPSA) is 59.4 Å². The second-order valence-corrected chi connectivity index (χ2v) is 6.15. The van der Waals surface area contributed by atoms with Crippen LogP contribution in [-0.4, -0.2) is 59.0 Å². The van der Waals surface area contributed by atoms with Crippen LogP contribution in [0.2, 0.25) is 0 Å². The van der Waals surface area contributed by atoms with Gasteiger partial charge in [-0.05, 0) is 32.8 Å². The fraction of sp³-hybridized carbons (Fsp3) is 0.750. The van der Waals surface area contributed by atoms with Crippen LogP contribution in [0.1, 0.15) is 38.8 Å². The number of morpholine rings is 1. The summed E-state index contributed by atoms with van der Waals surface area (Å²) < 4.78 is 7.55. The van der Waals surface area contributed by atoms with E-state index < -0.39 is 0 Å². The van der Waals surface area contributed by atoms with Crippen LogP contribution in [0.5, 0.6) is 0 Å². The lowest BCUT2D eigenvalue weighted by atomic mass is 10.1. The number of aromatic nitrogens is 2. The molecule has 0 saturated carbocycles. The van der Waals surface area contributed by atoms with Crippen molar-refractivity contribution in [2.75, 3.05) is 26.2 Å². The monoisotopic (exact) mass is 308 g/mol. The van der Waals surface area contributed by atoms with Gasteiger partial charge in [-0.25, -0.2) is 0 Å². The first-order valence-electron chi connectivity index (χ1n) is 8.14. The summed E-state index contributed by atoms with van der Waals surface area (Å²) in [5.41, 5.74) is 1.15. The molecule has 0 unspecified atom stereocenters. The van der Waals surface area contributed by atoms with Gasteiger partial charge in [-0.15, -0.1) is 0 Å². The molecule has 1 aliphatic rings. The zero-order valence-corrected chi connectivity index (χ0v) is 14.1. The molecule has 22 heavy (non-hydrogen) atoms. The Morgan fingerprint density at radius 1 is 1.55 bits per heavy atom. The molecule has 3 atom stereocenters. The molecule has 6 heteroatoms. The van der Waals surface area contributed by atoms with Crippen molar-refractivity contribution in [3.63, 3.8) is 0 Å². The molecule has 0 aromatic carbocycles. The van der Waals surface area contributed by atoms with Crippen LogP contribution in [-0.2, 0) is 9.53 Å². The van der Waals surface area contributed by atoms with Gasteiger partial charge in [0.25, 0.3) is 0 Å². The minimum Gasteiger partial charge on any atom is -0.375 e. The highest BCUT2D eigenvalue weighted by Crippen LogP contribution is 2.11. The fourth-order valence-corrected chi connectivity index (χ4v) is 2.61. The summed E-state index contributed by atoms with van der Waals surface area (Å²) in [6.07, 6.45) is 5.01. The van der Waals surface area contributed by atoms with Crippen LogP contribution in [0.25, 0.3) is 0 Å². The number of nitrogens with zero attached hydrogens (tertiary/aromatic N) is 3. The van der Waals surface area contributed by atoms with Crippen LogP contribution in [0, 0.1) is 6.92 Å². The molecule has 1 aromatic rings. The van der Waals surface area contributed by atoms with E-state index in [0.717, 1.165) is 12.0 Å². The lowest BCUT2D eigenvalue weighted by Crippen LogP contribution is -2.49. The van der Waals surface area contributed by atoms with Crippen molar-refractivity contribution in [1.82, 2.24) is 20.0 Å². The van der Waals surface area contributed by atoms with Gasteiger partial charge in [0.15, 0.2) is 0 Å². The molecule has 2 heterocycles. The summed E-state index contributed by atoms with van der Waals surface area (Å²) in [5.74, 6) is 0.150. The van der Waals surface area contributed by atoms with E-state index in [4.69, 9.17) is 4.74 Å². The standard InChI is InChI=1S/C16H28N4O2/c1-5-15-11-19(6-7-22-15)16(21)9-17-13(3)14(4)20-10-12(2)8-18-20/h8,10,13-15,17H,5-7,9,11H2,1-4H3/t13-,14-,15+/m0/s1. The van der Waals surface area contributed by atoms with Gasteiger partial charge in [0.1, 0.15) is 0 Å². The Labute approximate surface area is 132 Å². The minimum atomic E-state index is 0.150. The number of hydrogen-bond donors (Lipinski definition) is 1. The predicted molar refractivity (Wildman–Crippen MR) is 85.8 cm³/mol. The number of amides is 1. The van der Waals surface area contributed by atoms with Crippen molar-refractivity contribution in [2.45, 2.75) is 52.3 Å². The van der Waals surface area contributed by atoms with Gasteiger partial charge in [-0.2, -0.15) is 5.10 Å². The molecule has 1 aliphatic heterocycles. The Morgan fingerprint density at radius 2 is 2.32 bits per heavy atom. The average molecular weight is 308 g/mol. The third-order valence-corrected chi connectivity index (χ3v) is 4.39. The van der Waals surface area contributed by atoms with E-state index in [-0.39, 0.29) is 24.1 Å².